The number of ketones is 1. The summed E-state index contributed by atoms with van der Waals surface area (Å²) in [6, 6.07) is 12.8. The van der Waals surface area contributed by atoms with Crippen molar-refractivity contribution in [1.29, 1.82) is 0 Å². The van der Waals surface area contributed by atoms with Crippen LogP contribution in [0.5, 0.6) is 0 Å². The Morgan fingerprint density at radius 2 is 1.90 bits per heavy atom. The standard InChI is InChI=1S/C21H21N3O4S/c1-12-4-6-15(7-5-12)17-10-18(24-23-17)21(27)28-13(2)20(26)19-9-8-16(29-19)11-22-14(3)25/h4-10,13H,11H2,1-3H3,(H,22,25)(H,23,24)/t13-/m0/s1. The van der Waals surface area contributed by atoms with Crippen molar-refractivity contribution in [1.82, 2.24) is 15.5 Å². The zero-order valence-electron chi connectivity index (χ0n) is 16.3. The van der Waals surface area contributed by atoms with Gasteiger partial charge in [-0.25, -0.2) is 4.79 Å². The quantitative estimate of drug-likeness (QED) is 0.458. The number of rotatable bonds is 7. The number of Topliss-reactive ketones (excluding diaryl/α,β-unsaturated/α-hetero) is 1. The minimum Gasteiger partial charge on any atom is -0.450 e. The molecule has 0 bridgehead atoms. The van der Waals surface area contributed by atoms with Crippen LogP contribution in [0.3, 0.4) is 0 Å². The number of aromatic amines is 1. The van der Waals surface area contributed by atoms with Crippen LogP contribution in [0.25, 0.3) is 11.3 Å². The fourth-order valence-corrected chi connectivity index (χ4v) is 3.56. The maximum absolute atomic E-state index is 12.5. The molecular weight excluding hydrogens is 390 g/mol. The SMILES string of the molecule is CC(=O)NCc1ccc(C(=O)[C@H](C)OC(=O)c2cc(-c3ccc(C)cc3)n[nH]2)s1. The molecule has 2 N–H and O–H groups in total. The van der Waals surface area contributed by atoms with Crippen LogP contribution in [-0.2, 0) is 16.1 Å². The van der Waals surface area contributed by atoms with Crippen molar-refractivity contribution in [3.05, 3.63) is 63.5 Å². The van der Waals surface area contributed by atoms with Crippen LogP contribution < -0.4 is 5.32 Å². The number of nitrogens with one attached hydrogen (secondary N) is 2. The van der Waals surface area contributed by atoms with Crippen molar-refractivity contribution in [2.75, 3.05) is 0 Å². The zero-order chi connectivity index (χ0) is 21.0. The van der Waals surface area contributed by atoms with E-state index in [-0.39, 0.29) is 17.4 Å². The molecule has 29 heavy (non-hydrogen) atoms. The summed E-state index contributed by atoms with van der Waals surface area (Å²) >= 11 is 1.26. The van der Waals surface area contributed by atoms with Gasteiger partial charge in [0.2, 0.25) is 11.7 Å². The Bertz CT molecular complexity index is 1040. The monoisotopic (exact) mass is 411 g/mol. The summed E-state index contributed by atoms with van der Waals surface area (Å²) in [4.78, 5) is 37.2. The maximum atomic E-state index is 12.5. The van der Waals surface area contributed by atoms with Gasteiger partial charge in [-0.1, -0.05) is 29.8 Å². The fourth-order valence-electron chi connectivity index (χ4n) is 2.59. The number of thiophene rings is 1. The van der Waals surface area contributed by atoms with Crippen molar-refractivity contribution in [3.63, 3.8) is 0 Å². The molecule has 0 spiro atoms. The summed E-state index contributed by atoms with van der Waals surface area (Å²) in [6.45, 7) is 5.31. The minimum absolute atomic E-state index is 0.141. The van der Waals surface area contributed by atoms with Crippen molar-refractivity contribution in [2.45, 2.75) is 33.4 Å². The Balaban J connectivity index is 1.62. The summed E-state index contributed by atoms with van der Waals surface area (Å²) in [7, 11) is 0. The van der Waals surface area contributed by atoms with E-state index in [9.17, 15) is 14.4 Å². The van der Waals surface area contributed by atoms with Crippen molar-refractivity contribution in [2.24, 2.45) is 0 Å². The number of hydrogen-bond acceptors (Lipinski definition) is 6. The van der Waals surface area contributed by atoms with E-state index in [2.05, 4.69) is 15.5 Å². The molecule has 3 rings (SSSR count). The first kappa shape index (κ1) is 20.5. The van der Waals surface area contributed by atoms with E-state index >= 15 is 0 Å². The molecule has 150 valence electrons. The van der Waals surface area contributed by atoms with Crippen molar-refractivity contribution in [3.8, 4) is 11.3 Å². The number of aromatic nitrogens is 2. The van der Waals surface area contributed by atoms with Gasteiger partial charge >= 0.3 is 5.97 Å². The van der Waals surface area contributed by atoms with E-state index in [1.165, 1.54) is 25.2 Å². The summed E-state index contributed by atoms with van der Waals surface area (Å²) in [5, 5.41) is 9.48. The predicted octanol–water partition coefficient (Wildman–Crippen LogP) is 3.51. The Kier molecular flexibility index (Phi) is 6.23. The molecule has 0 saturated heterocycles. The van der Waals surface area contributed by atoms with Gasteiger partial charge in [-0.2, -0.15) is 5.10 Å². The van der Waals surface area contributed by atoms with Crippen LogP contribution in [-0.4, -0.2) is 34.0 Å². The third-order valence-electron chi connectivity index (χ3n) is 4.21. The average molecular weight is 411 g/mol. The van der Waals surface area contributed by atoms with Crippen LogP contribution in [0.15, 0.2) is 42.5 Å². The average Bonchev–Trinajstić information content (AvgIpc) is 3.36. The van der Waals surface area contributed by atoms with E-state index in [4.69, 9.17) is 4.74 Å². The minimum atomic E-state index is -0.944. The largest absolute Gasteiger partial charge is 0.450 e. The second kappa shape index (κ2) is 8.83. The summed E-state index contributed by atoms with van der Waals surface area (Å²) < 4.78 is 5.31. The van der Waals surface area contributed by atoms with Crippen molar-refractivity contribution >= 4 is 29.0 Å². The maximum Gasteiger partial charge on any atom is 0.357 e. The molecule has 0 unspecified atom stereocenters. The van der Waals surface area contributed by atoms with Gasteiger partial charge in [0.1, 0.15) is 5.69 Å². The Labute approximate surface area is 172 Å². The van der Waals surface area contributed by atoms with E-state index in [1.54, 1.807) is 18.2 Å². The first-order chi connectivity index (χ1) is 13.8. The van der Waals surface area contributed by atoms with Gasteiger partial charge in [0.25, 0.3) is 0 Å². The molecule has 0 fully saturated rings. The van der Waals surface area contributed by atoms with E-state index < -0.39 is 12.1 Å². The number of ether oxygens (including phenoxy) is 1. The fraction of sp³-hybridized carbons (Fsp3) is 0.238. The molecule has 0 aliphatic carbocycles. The summed E-state index contributed by atoms with van der Waals surface area (Å²) in [6.07, 6.45) is -0.944. The number of benzene rings is 1. The third kappa shape index (κ3) is 5.17. The van der Waals surface area contributed by atoms with Gasteiger partial charge in [-0.05, 0) is 32.0 Å². The van der Waals surface area contributed by atoms with E-state index in [1.807, 2.05) is 31.2 Å². The number of esters is 1. The highest BCUT2D eigenvalue weighted by molar-refractivity contribution is 7.14. The molecule has 8 heteroatoms. The second-order valence-corrected chi connectivity index (χ2v) is 7.79. The molecule has 3 aromatic rings. The molecule has 1 amide bonds. The van der Waals surface area contributed by atoms with Crippen LogP contribution in [0.4, 0.5) is 0 Å². The van der Waals surface area contributed by atoms with Gasteiger partial charge in [-0.3, -0.25) is 14.7 Å². The number of nitrogens with zero attached hydrogens (tertiary/aromatic N) is 1. The van der Waals surface area contributed by atoms with Gasteiger partial charge in [0.05, 0.1) is 17.1 Å². The number of amides is 1. The molecule has 0 aliphatic rings. The molecule has 0 aliphatic heterocycles. The predicted molar refractivity (Wildman–Crippen MR) is 110 cm³/mol. The lowest BCUT2D eigenvalue weighted by atomic mass is 10.1. The van der Waals surface area contributed by atoms with Crippen LogP contribution >= 0.6 is 11.3 Å². The molecule has 1 aromatic carbocycles. The molecule has 7 nitrogen and oxygen atoms in total. The highest BCUT2D eigenvalue weighted by Crippen LogP contribution is 2.21. The highest BCUT2D eigenvalue weighted by atomic mass is 32.1. The first-order valence-electron chi connectivity index (χ1n) is 9.04. The Hall–Kier alpha value is -3.26. The van der Waals surface area contributed by atoms with Crippen LogP contribution in [0.2, 0.25) is 0 Å². The Morgan fingerprint density at radius 1 is 1.17 bits per heavy atom. The smallest absolute Gasteiger partial charge is 0.357 e. The second-order valence-electron chi connectivity index (χ2n) is 6.62. The lowest BCUT2D eigenvalue weighted by Gasteiger charge is -2.10. The number of aryl methyl sites for hydroxylation is 1. The van der Waals surface area contributed by atoms with E-state index in [0.29, 0.717) is 17.1 Å². The lowest BCUT2D eigenvalue weighted by Crippen LogP contribution is -2.24. The Morgan fingerprint density at radius 3 is 2.59 bits per heavy atom. The van der Waals surface area contributed by atoms with Crippen LogP contribution in [0.1, 0.15) is 44.4 Å². The first-order valence-corrected chi connectivity index (χ1v) is 9.86. The summed E-state index contributed by atoms with van der Waals surface area (Å²) in [5.74, 6) is -1.08. The number of hydrogen-bond donors (Lipinski definition) is 2. The lowest BCUT2D eigenvalue weighted by molar-refractivity contribution is -0.119. The number of carbonyl (C=O) groups is 3. The zero-order valence-corrected chi connectivity index (χ0v) is 17.1. The molecule has 0 radical (unpaired) electrons. The molecule has 2 aromatic heterocycles. The normalized spacial score (nSPS) is 11.7. The molecule has 1 atom stereocenters. The molecule has 2 heterocycles. The highest BCUT2D eigenvalue weighted by Gasteiger charge is 2.23. The molecular formula is C21H21N3O4S. The van der Waals surface area contributed by atoms with E-state index in [0.717, 1.165) is 16.0 Å². The van der Waals surface area contributed by atoms with Gasteiger partial charge < -0.3 is 10.1 Å². The third-order valence-corrected chi connectivity index (χ3v) is 5.31. The number of H-pyrrole nitrogens is 1. The summed E-state index contributed by atoms with van der Waals surface area (Å²) in [5.41, 5.74) is 2.81. The molecule has 0 saturated carbocycles. The van der Waals surface area contributed by atoms with Crippen molar-refractivity contribution < 1.29 is 19.1 Å². The number of carbonyl (C=O) groups excluding carboxylic acids is 3. The van der Waals surface area contributed by atoms with Gasteiger partial charge in [0.15, 0.2) is 6.10 Å². The topological polar surface area (TPSA) is 101 Å². The van der Waals surface area contributed by atoms with Gasteiger partial charge in [0, 0.05) is 17.4 Å². The van der Waals surface area contributed by atoms with Gasteiger partial charge in [-0.15, -0.1) is 11.3 Å². The van der Waals surface area contributed by atoms with Crippen LogP contribution in [0, 0.1) is 6.92 Å².